The molecule has 0 radical (unpaired) electrons. The first-order chi connectivity index (χ1) is 10.8. The van der Waals surface area contributed by atoms with Crippen LogP contribution in [-0.4, -0.2) is 18.9 Å². The molecule has 0 saturated heterocycles. The summed E-state index contributed by atoms with van der Waals surface area (Å²) in [5, 5.41) is 5.84. The van der Waals surface area contributed by atoms with Crippen molar-refractivity contribution in [3.8, 4) is 11.5 Å². The van der Waals surface area contributed by atoms with E-state index in [4.69, 9.17) is 9.47 Å². The predicted octanol–water partition coefficient (Wildman–Crippen LogP) is 3.19. The molecule has 0 saturated carbocycles. The van der Waals surface area contributed by atoms with Crippen LogP contribution in [0.3, 0.4) is 0 Å². The monoisotopic (exact) mass is 316 g/mol. The molecule has 1 amide bonds. The van der Waals surface area contributed by atoms with Crippen LogP contribution in [0, 0.1) is 0 Å². The molecule has 1 aliphatic heterocycles. The van der Waals surface area contributed by atoms with Gasteiger partial charge in [-0.05, 0) is 36.2 Å². The topological polar surface area (TPSA) is 59.9 Å². The maximum Gasteiger partial charge on any atom is 0.272 e. The number of benzene rings is 1. The van der Waals surface area contributed by atoms with Crippen molar-refractivity contribution >= 4 is 23.5 Å². The molecule has 0 atom stereocenters. The van der Waals surface area contributed by atoms with E-state index in [2.05, 4.69) is 17.5 Å². The highest BCUT2D eigenvalue weighted by molar-refractivity contribution is 7.10. The van der Waals surface area contributed by atoms with Crippen LogP contribution in [0.25, 0.3) is 0 Å². The summed E-state index contributed by atoms with van der Waals surface area (Å²) in [6.07, 6.45) is 3.65. The first-order valence-corrected chi connectivity index (χ1v) is 7.94. The molecule has 1 aromatic carbocycles. The summed E-state index contributed by atoms with van der Waals surface area (Å²) in [5.41, 5.74) is 4.02. The highest BCUT2D eigenvalue weighted by Crippen LogP contribution is 2.31. The van der Waals surface area contributed by atoms with Gasteiger partial charge in [-0.1, -0.05) is 13.3 Å². The number of thiophene rings is 1. The average molecular weight is 316 g/mol. The molecule has 3 rings (SSSR count). The van der Waals surface area contributed by atoms with Gasteiger partial charge in [0.25, 0.3) is 5.91 Å². The highest BCUT2D eigenvalue weighted by atomic mass is 32.1. The van der Waals surface area contributed by atoms with E-state index in [0.717, 1.165) is 24.2 Å². The number of fused-ring (bicyclic) bond motifs is 1. The first kappa shape index (κ1) is 14.6. The molecule has 0 bridgehead atoms. The zero-order valence-corrected chi connectivity index (χ0v) is 13.0. The van der Waals surface area contributed by atoms with Gasteiger partial charge >= 0.3 is 0 Å². The zero-order chi connectivity index (χ0) is 15.4. The van der Waals surface area contributed by atoms with Crippen LogP contribution in [0.4, 0.5) is 0 Å². The molecule has 22 heavy (non-hydrogen) atoms. The Morgan fingerprint density at radius 3 is 3.09 bits per heavy atom. The van der Waals surface area contributed by atoms with E-state index >= 15 is 0 Å². The van der Waals surface area contributed by atoms with Gasteiger partial charge in [-0.25, -0.2) is 5.43 Å². The molecule has 6 heteroatoms. The summed E-state index contributed by atoms with van der Waals surface area (Å²) in [7, 11) is 0. The molecule has 1 N–H and O–H groups in total. The summed E-state index contributed by atoms with van der Waals surface area (Å²) in [6, 6.07) is 7.41. The standard InChI is InChI=1S/C16H16N2O3S/c1-2-3-13-7-12(9-22-13)16(19)18-17-8-11-4-5-14-15(6-11)21-10-20-14/h4-9H,2-3,10H2,1H3,(H,18,19). The number of hydrogen-bond acceptors (Lipinski definition) is 5. The minimum atomic E-state index is -0.199. The number of hydrazone groups is 1. The molecule has 2 heterocycles. The molecule has 1 aliphatic rings. The molecule has 1 aromatic heterocycles. The molecule has 0 unspecified atom stereocenters. The van der Waals surface area contributed by atoms with Crippen LogP contribution in [-0.2, 0) is 6.42 Å². The lowest BCUT2D eigenvalue weighted by Gasteiger charge is -1.98. The van der Waals surface area contributed by atoms with E-state index in [9.17, 15) is 4.79 Å². The number of nitrogens with zero attached hydrogens (tertiary/aromatic N) is 1. The van der Waals surface area contributed by atoms with E-state index in [1.165, 1.54) is 4.88 Å². The van der Waals surface area contributed by atoms with Crippen LogP contribution in [0.1, 0.15) is 34.1 Å². The second-order valence-corrected chi connectivity index (χ2v) is 5.86. The van der Waals surface area contributed by atoms with Crippen molar-refractivity contribution in [2.24, 2.45) is 5.10 Å². The van der Waals surface area contributed by atoms with Gasteiger partial charge in [-0.15, -0.1) is 11.3 Å². The van der Waals surface area contributed by atoms with Crippen molar-refractivity contribution in [3.05, 3.63) is 45.6 Å². The molecule has 0 aliphatic carbocycles. The number of carbonyl (C=O) groups excluding carboxylic acids is 1. The van der Waals surface area contributed by atoms with Crippen LogP contribution >= 0.6 is 11.3 Å². The number of carbonyl (C=O) groups is 1. The quantitative estimate of drug-likeness (QED) is 0.681. The summed E-state index contributed by atoms with van der Waals surface area (Å²) in [5.74, 6) is 1.22. The van der Waals surface area contributed by atoms with Crippen molar-refractivity contribution in [2.75, 3.05) is 6.79 Å². The highest BCUT2D eigenvalue weighted by Gasteiger charge is 2.12. The fourth-order valence-corrected chi connectivity index (χ4v) is 3.07. The minimum Gasteiger partial charge on any atom is -0.454 e. The summed E-state index contributed by atoms with van der Waals surface area (Å²) in [4.78, 5) is 13.2. The van der Waals surface area contributed by atoms with Crippen molar-refractivity contribution in [1.82, 2.24) is 5.43 Å². The predicted molar refractivity (Wildman–Crippen MR) is 85.9 cm³/mol. The molecular formula is C16H16N2O3S. The maximum absolute atomic E-state index is 12.0. The second kappa shape index (κ2) is 6.62. The summed E-state index contributed by atoms with van der Waals surface area (Å²) < 4.78 is 10.5. The summed E-state index contributed by atoms with van der Waals surface area (Å²) in [6.45, 7) is 2.36. The van der Waals surface area contributed by atoms with E-state index in [0.29, 0.717) is 11.3 Å². The fraction of sp³-hybridized carbons (Fsp3) is 0.250. The smallest absolute Gasteiger partial charge is 0.272 e. The summed E-state index contributed by atoms with van der Waals surface area (Å²) >= 11 is 1.60. The van der Waals surface area contributed by atoms with E-state index in [-0.39, 0.29) is 12.7 Å². The van der Waals surface area contributed by atoms with Crippen LogP contribution in [0.15, 0.2) is 34.7 Å². The molecule has 0 fully saturated rings. The Labute approximate surface area is 132 Å². The van der Waals surface area contributed by atoms with Crippen molar-refractivity contribution < 1.29 is 14.3 Å². The second-order valence-electron chi connectivity index (χ2n) is 4.86. The third-order valence-corrected chi connectivity index (χ3v) is 4.19. The molecular weight excluding hydrogens is 300 g/mol. The fourth-order valence-electron chi connectivity index (χ4n) is 2.10. The average Bonchev–Trinajstić information content (AvgIpc) is 3.16. The third-order valence-electron chi connectivity index (χ3n) is 3.19. The Morgan fingerprint density at radius 1 is 1.36 bits per heavy atom. The molecule has 5 nitrogen and oxygen atoms in total. The number of aryl methyl sites for hydroxylation is 1. The van der Waals surface area contributed by atoms with Crippen molar-refractivity contribution in [1.29, 1.82) is 0 Å². The van der Waals surface area contributed by atoms with Gasteiger partial charge in [0.1, 0.15) is 0 Å². The van der Waals surface area contributed by atoms with Gasteiger partial charge in [0, 0.05) is 10.3 Å². The van der Waals surface area contributed by atoms with Gasteiger partial charge < -0.3 is 9.47 Å². The Balaban J connectivity index is 1.60. The van der Waals surface area contributed by atoms with E-state index < -0.39 is 0 Å². The Bertz CT molecular complexity index is 709. The Morgan fingerprint density at radius 2 is 2.23 bits per heavy atom. The van der Waals surface area contributed by atoms with Gasteiger partial charge in [-0.2, -0.15) is 5.10 Å². The van der Waals surface area contributed by atoms with Crippen LogP contribution in [0.2, 0.25) is 0 Å². The van der Waals surface area contributed by atoms with Crippen LogP contribution < -0.4 is 14.9 Å². The van der Waals surface area contributed by atoms with Crippen molar-refractivity contribution in [3.63, 3.8) is 0 Å². The van der Waals surface area contributed by atoms with E-state index in [1.54, 1.807) is 17.6 Å². The van der Waals surface area contributed by atoms with Gasteiger partial charge in [0.05, 0.1) is 11.8 Å². The largest absolute Gasteiger partial charge is 0.454 e. The van der Waals surface area contributed by atoms with Gasteiger partial charge in [0.15, 0.2) is 11.5 Å². The van der Waals surface area contributed by atoms with Gasteiger partial charge in [0.2, 0.25) is 6.79 Å². The normalized spacial score (nSPS) is 12.8. The molecule has 114 valence electrons. The number of nitrogens with one attached hydrogen (secondary N) is 1. The Hall–Kier alpha value is -2.34. The van der Waals surface area contributed by atoms with Crippen LogP contribution in [0.5, 0.6) is 11.5 Å². The third kappa shape index (κ3) is 3.28. The molecule has 2 aromatic rings. The number of ether oxygens (including phenoxy) is 2. The lowest BCUT2D eigenvalue weighted by molar-refractivity contribution is 0.0955. The first-order valence-electron chi connectivity index (χ1n) is 7.06. The molecule has 0 spiro atoms. The SMILES string of the molecule is CCCc1cc(C(=O)NN=Cc2ccc3c(c2)OCO3)cs1. The Kier molecular flexibility index (Phi) is 4.39. The number of amides is 1. The lowest BCUT2D eigenvalue weighted by atomic mass is 10.2. The number of hydrogen-bond donors (Lipinski definition) is 1. The van der Waals surface area contributed by atoms with Gasteiger partial charge in [-0.3, -0.25) is 4.79 Å². The lowest BCUT2D eigenvalue weighted by Crippen LogP contribution is -2.16. The number of rotatable bonds is 5. The minimum absolute atomic E-state index is 0.199. The van der Waals surface area contributed by atoms with E-state index in [1.807, 2.05) is 29.6 Å². The zero-order valence-electron chi connectivity index (χ0n) is 12.2. The maximum atomic E-state index is 12.0. The van der Waals surface area contributed by atoms with Crippen molar-refractivity contribution in [2.45, 2.75) is 19.8 Å².